The minimum Gasteiger partial charge on any atom is -0.285 e. The summed E-state index contributed by atoms with van der Waals surface area (Å²) in [5.41, 5.74) is 1.27. The van der Waals surface area contributed by atoms with Gasteiger partial charge in [0.1, 0.15) is 0 Å². The van der Waals surface area contributed by atoms with Gasteiger partial charge in [0.25, 0.3) is 0 Å². The SMILES string of the molecule is CC1C=CC(c2ccccc2)N=C1. The summed E-state index contributed by atoms with van der Waals surface area (Å²) in [7, 11) is 0. The maximum Gasteiger partial charge on any atom is 0.0926 e. The van der Waals surface area contributed by atoms with E-state index in [1.54, 1.807) is 0 Å². The number of hydrogen-bond acceptors (Lipinski definition) is 1. The summed E-state index contributed by atoms with van der Waals surface area (Å²) >= 11 is 0. The number of dihydropyridines is 1. The molecule has 66 valence electrons. The standard InChI is InChI=1S/C12H13N/c1-10-7-8-12(13-9-10)11-5-3-2-4-6-11/h2-10,12H,1H3. The second-order valence-corrected chi connectivity index (χ2v) is 3.40. The van der Waals surface area contributed by atoms with Gasteiger partial charge in [-0.1, -0.05) is 49.4 Å². The van der Waals surface area contributed by atoms with E-state index in [0.29, 0.717) is 5.92 Å². The van der Waals surface area contributed by atoms with Gasteiger partial charge < -0.3 is 0 Å². The van der Waals surface area contributed by atoms with Crippen LogP contribution in [0.5, 0.6) is 0 Å². The zero-order chi connectivity index (χ0) is 9.10. The van der Waals surface area contributed by atoms with Gasteiger partial charge in [-0.3, -0.25) is 4.99 Å². The van der Waals surface area contributed by atoms with Crippen LogP contribution in [-0.2, 0) is 0 Å². The number of rotatable bonds is 1. The molecule has 1 aromatic rings. The highest BCUT2D eigenvalue weighted by Gasteiger charge is 2.08. The number of hydrogen-bond donors (Lipinski definition) is 0. The maximum atomic E-state index is 4.47. The van der Waals surface area contributed by atoms with E-state index in [4.69, 9.17) is 0 Å². The van der Waals surface area contributed by atoms with Crippen molar-refractivity contribution in [1.29, 1.82) is 0 Å². The molecule has 2 atom stereocenters. The van der Waals surface area contributed by atoms with Crippen LogP contribution in [-0.4, -0.2) is 6.21 Å². The second-order valence-electron chi connectivity index (χ2n) is 3.40. The predicted octanol–water partition coefficient (Wildman–Crippen LogP) is 3.00. The molecule has 1 heteroatoms. The lowest BCUT2D eigenvalue weighted by Crippen LogP contribution is -2.02. The maximum absolute atomic E-state index is 4.47. The quantitative estimate of drug-likeness (QED) is 0.576. The van der Waals surface area contributed by atoms with E-state index >= 15 is 0 Å². The first-order valence-corrected chi connectivity index (χ1v) is 4.63. The highest BCUT2D eigenvalue weighted by Crippen LogP contribution is 2.21. The molecule has 2 unspecified atom stereocenters. The van der Waals surface area contributed by atoms with E-state index in [1.807, 2.05) is 12.3 Å². The molecule has 1 aliphatic rings. The van der Waals surface area contributed by atoms with Crippen LogP contribution >= 0.6 is 0 Å². The molecule has 1 aliphatic heterocycles. The number of aliphatic imine (C=N–C) groups is 1. The van der Waals surface area contributed by atoms with E-state index in [1.165, 1.54) is 5.56 Å². The molecular weight excluding hydrogens is 158 g/mol. The van der Waals surface area contributed by atoms with Crippen molar-refractivity contribution in [3.8, 4) is 0 Å². The van der Waals surface area contributed by atoms with Crippen LogP contribution in [0.3, 0.4) is 0 Å². The molecule has 0 spiro atoms. The Bertz CT molecular complexity index is 310. The minimum atomic E-state index is 0.234. The van der Waals surface area contributed by atoms with Crippen LogP contribution in [0.1, 0.15) is 18.5 Å². The molecule has 0 saturated carbocycles. The Hall–Kier alpha value is -1.37. The molecule has 1 nitrogen and oxygen atoms in total. The number of nitrogens with zero attached hydrogens (tertiary/aromatic N) is 1. The Morgan fingerprint density at radius 1 is 1.08 bits per heavy atom. The average molecular weight is 171 g/mol. The lowest BCUT2D eigenvalue weighted by atomic mass is 10.0. The summed E-state index contributed by atoms with van der Waals surface area (Å²) in [4.78, 5) is 4.47. The third-order valence-electron chi connectivity index (χ3n) is 2.22. The largest absolute Gasteiger partial charge is 0.285 e. The summed E-state index contributed by atoms with van der Waals surface area (Å²) in [5, 5.41) is 0. The van der Waals surface area contributed by atoms with Crippen LogP contribution in [0.2, 0.25) is 0 Å². The zero-order valence-electron chi connectivity index (χ0n) is 7.72. The van der Waals surface area contributed by atoms with Crippen molar-refractivity contribution in [3.63, 3.8) is 0 Å². The van der Waals surface area contributed by atoms with Gasteiger partial charge in [-0.15, -0.1) is 0 Å². The molecule has 0 bridgehead atoms. The Balaban J connectivity index is 2.20. The van der Waals surface area contributed by atoms with Crippen molar-refractivity contribution in [2.75, 3.05) is 0 Å². The van der Waals surface area contributed by atoms with Crippen LogP contribution < -0.4 is 0 Å². The Kier molecular flexibility index (Phi) is 2.26. The Morgan fingerprint density at radius 3 is 2.46 bits per heavy atom. The normalized spacial score (nSPS) is 26.2. The van der Waals surface area contributed by atoms with E-state index in [0.717, 1.165) is 0 Å². The van der Waals surface area contributed by atoms with E-state index < -0.39 is 0 Å². The highest BCUT2D eigenvalue weighted by molar-refractivity contribution is 5.65. The van der Waals surface area contributed by atoms with Crippen molar-refractivity contribution in [3.05, 3.63) is 48.0 Å². The minimum absolute atomic E-state index is 0.234. The molecule has 0 amide bonds. The predicted molar refractivity (Wildman–Crippen MR) is 56.0 cm³/mol. The monoisotopic (exact) mass is 171 g/mol. The van der Waals surface area contributed by atoms with Crippen LogP contribution in [0.15, 0.2) is 47.5 Å². The fraction of sp³-hybridized carbons (Fsp3) is 0.250. The lowest BCUT2D eigenvalue weighted by molar-refractivity contribution is 0.849. The first-order chi connectivity index (χ1) is 6.36. The summed E-state index contributed by atoms with van der Waals surface area (Å²) < 4.78 is 0. The van der Waals surface area contributed by atoms with Gasteiger partial charge in [-0.05, 0) is 5.56 Å². The fourth-order valence-electron chi connectivity index (χ4n) is 1.46. The molecule has 1 aromatic carbocycles. The molecule has 0 aliphatic carbocycles. The molecule has 13 heavy (non-hydrogen) atoms. The first kappa shape index (κ1) is 8.24. The van der Waals surface area contributed by atoms with Gasteiger partial charge in [0.05, 0.1) is 6.04 Å². The van der Waals surface area contributed by atoms with Crippen molar-refractivity contribution < 1.29 is 0 Å². The molecule has 0 saturated heterocycles. The average Bonchev–Trinajstić information content (AvgIpc) is 2.20. The molecule has 2 rings (SSSR count). The zero-order valence-corrected chi connectivity index (χ0v) is 7.72. The third kappa shape index (κ3) is 1.86. The molecule has 0 fully saturated rings. The van der Waals surface area contributed by atoms with Crippen molar-refractivity contribution in [2.45, 2.75) is 13.0 Å². The van der Waals surface area contributed by atoms with Gasteiger partial charge in [0, 0.05) is 12.1 Å². The van der Waals surface area contributed by atoms with Crippen molar-refractivity contribution in [1.82, 2.24) is 0 Å². The first-order valence-electron chi connectivity index (χ1n) is 4.63. The van der Waals surface area contributed by atoms with E-state index in [2.05, 4.69) is 48.3 Å². The fourth-order valence-corrected chi connectivity index (χ4v) is 1.46. The summed E-state index contributed by atoms with van der Waals surface area (Å²) in [6.45, 7) is 2.14. The van der Waals surface area contributed by atoms with Crippen molar-refractivity contribution in [2.24, 2.45) is 10.9 Å². The summed E-state index contributed by atoms with van der Waals surface area (Å²) in [5.74, 6) is 0.486. The molecule has 0 radical (unpaired) electrons. The number of benzene rings is 1. The molecular formula is C12H13N. The Morgan fingerprint density at radius 2 is 1.85 bits per heavy atom. The van der Waals surface area contributed by atoms with Crippen LogP contribution in [0, 0.1) is 5.92 Å². The topological polar surface area (TPSA) is 12.4 Å². The van der Waals surface area contributed by atoms with Gasteiger partial charge in [-0.2, -0.15) is 0 Å². The van der Waals surface area contributed by atoms with Gasteiger partial charge in [0.2, 0.25) is 0 Å². The number of allylic oxidation sites excluding steroid dienone is 1. The Labute approximate surface area is 78.8 Å². The van der Waals surface area contributed by atoms with Crippen LogP contribution in [0.4, 0.5) is 0 Å². The smallest absolute Gasteiger partial charge is 0.0926 e. The summed E-state index contributed by atoms with van der Waals surface area (Å²) in [6.07, 6.45) is 6.38. The molecule has 0 aromatic heterocycles. The van der Waals surface area contributed by atoms with Gasteiger partial charge in [0.15, 0.2) is 0 Å². The molecule has 1 heterocycles. The van der Waals surface area contributed by atoms with Crippen molar-refractivity contribution >= 4 is 6.21 Å². The summed E-state index contributed by atoms with van der Waals surface area (Å²) in [6, 6.07) is 10.6. The second kappa shape index (κ2) is 3.56. The highest BCUT2D eigenvalue weighted by atomic mass is 14.8. The lowest BCUT2D eigenvalue weighted by Gasteiger charge is -2.13. The van der Waals surface area contributed by atoms with E-state index in [9.17, 15) is 0 Å². The van der Waals surface area contributed by atoms with E-state index in [-0.39, 0.29) is 6.04 Å². The van der Waals surface area contributed by atoms with Crippen LogP contribution in [0.25, 0.3) is 0 Å². The van der Waals surface area contributed by atoms with Gasteiger partial charge in [-0.25, -0.2) is 0 Å². The third-order valence-corrected chi connectivity index (χ3v) is 2.22. The molecule has 0 N–H and O–H groups in total. The van der Waals surface area contributed by atoms with Gasteiger partial charge >= 0.3 is 0 Å².